The largest absolute Gasteiger partial charge is 0.337 e. The lowest BCUT2D eigenvalue weighted by molar-refractivity contribution is 0.222. The molecule has 3 N–H and O–H groups in total. The molecule has 1 aromatic carbocycles. The van der Waals surface area contributed by atoms with E-state index in [1.54, 1.807) is 12.1 Å². The van der Waals surface area contributed by atoms with E-state index in [1.807, 2.05) is 0 Å². The molecule has 1 aromatic heterocycles. The minimum Gasteiger partial charge on any atom is -0.307 e. The Morgan fingerprint density at radius 3 is 2.40 bits per heavy atom. The molecule has 3 rings (SSSR count). The molecule has 0 aliphatic carbocycles. The average molecular weight is 472 g/mol. The highest BCUT2D eigenvalue weighted by Crippen LogP contribution is 2.27. The smallest absolute Gasteiger partial charge is 0.307 e. The summed E-state index contributed by atoms with van der Waals surface area (Å²) in [5, 5.41) is 3.28. The molecule has 0 saturated carbocycles. The SMILES string of the molecule is C[C@@H]1C[C@H](C)CN(S(=O)(=O)c2ccc(NNC(=O)Nc3ccc(Cl)c(Cl)c3)nc2)C1. The number of aromatic nitrogens is 1. The quantitative estimate of drug-likeness (QED) is 0.566. The molecule has 1 saturated heterocycles. The molecule has 2 heterocycles. The number of nitrogens with one attached hydrogen (secondary N) is 3. The second-order valence-electron chi connectivity index (χ2n) is 7.48. The van der Waals surface area contributed by atoms with Gasteiger partial charge in [0, 0.05) is 25.0 Å². The Kier molecular flexibility index (Phi) is 7.07. The third-order valence-corrected chi connectivity index (χ3v) is 7.25. The number of sulfonamides is 1. The number of carbonyl (C=O) groups is 1. The van der Waals surface area contributed by atoms with E-state index in [0.717, 1.165) is 6.42 Å². The molecule has 1 aliphatic rings. The van der Waals surface area contributed by atoms with E-state index in [2.05, 4.69) is 35.0 Å². The number of hydrogen-bond donors (Lipinski definition) is 3. The second-order valence-corrected chi connectivity index (χ2v) is 10.2. The number of halogens is 2. The van der Waals surface area contributed by atoms with Crippen molar-refractivity contribution in [3.05, 3.63) is 46.6 Å². The van der Waals surface area contributed by atoms with Crippen LogP contribution >= 0.6 is 23.2 Å². The van der Waals surface area contributed by atoms with Gasteiger partial charge in [0.1, 0.15) is 10.7 Å². The summed E-state index contributed by atoms with van der Waals surface area (Å²) in [7, 11) is -3.60. The highest BCUT2D eigenvalue weighted by Gasteiger charge is 2.31. The van der Waals surface area contributed by atoms with Gasteiger partial charge in [0.2, 0.25) is 10.0 Å². The zero-order valence-electron chi connectivity index (χ0n) is 16.5. The molecule has 2 amide bonds. The summed E-state index contributed by atoms with van der Waals surface area (Å²) < 4.78 is 27.3. The Morgan fingerprint density at radius 1 is 1.10 bits per heavy atom. The van der Waals surface area contributed by atoms with Crippen LogP contribution in [0.5, 0.6) is 0 Å². The maximum atomic E-state index is 12.9. The number of anilines is 2. The number of nitrogens with zero attached hydrogens (tertiary/aromatic N) is 2. The Hall–Kier alpha value is -2.07. The molecule has 0 radical (unpaired) electrons. The molecule has 162 valence electrons. The number of pyridine rings is 1. The van der Waals surface area contributed by atoms with Gasteiger partial charge >= 0.3 is 6.03 Å². The lowest BCUT2D eigenvalue weighted by Gasteiger charge is -2.33. The van der Waals surface area contributed by atoms with Crippen molar-refractivity contribution in [3.63, 3.8) is 0 Å². The Labute approximate surface area is 186 Å². The van der Waals surface area contributed by atoms with Crippen molar-refractivity contribution in [1.29, 1.82) is 0 Å². The lowest BCUT2D eigenvalue weighted by Crippen LogP contribution is -2.42. The van der Waals surface area contributed by atoms with E-state index in [-0.39, 0.29) is 4.90 Å². The predicted molar refractivity (Wildman–Crippen MR) is 118 cm³/mol. The van der Waals surface area contributed by atoms with Crippen LogP contribution in [0, 0.1) is 11.8 Å². The monoisotopic (exact) mass is 471 g/mol. The maximum Gasteiger partial charge on any atom is 0.337 e. The van der Waals surface area contributed by atoms with Gasteiger partial charge in [0.25, 0.3) is 0 Å². The first-order valence-electron chi connectivity index (χ1n) is 9.39. The van der Waals surface area contributed by atoms with Crippen LogP contribution in [0.2, 0.25) is 10.0 Å². The fourth-order valence-electron chi connectivity index (χ4n) is 3.41. The first-order valence-corrected chi connectivity index (χ1v) is 11.6. The van der Waals surface area contributed by atoms with Crippen LogP contribution in [0.3, 0.4) is 0 Å². The molecule has 0 unspecified atom stereocenters. The number of hydrogen-bond acceptors (Lipinski definition) is 5. The first-order chi connectivity index (χ1) is 14.1. The summed E-state index contributed by atoms with van der Waals surface area (Å²) in [6.07, 6.45) is 2.29. The molecule has 0 bridgehead atoms. The molecule has 8 nitrogen and oxygen atoms in total. The standard InChI is InChI=1S/C19H23Cl2N5O3S/c1-12-7-13(2)11-26(10-12)30(28,29)15-4-6-18(22-9-15)24-25-19(27)23-14-3-5-16(20)17(21)8-14/h3-6,8-9,12-13H,7,10-11H2,1-2H3,(H,22,24)(H2,23,25,27)/t12-,13+. The summed E-state index contributed by atoms with van der Waals surface area (Å²) in [5.41, 5.74) is 5.50. The van der Waals surface area contributed by atoms with Crippen molar-refractivity contribution in [2.45, 2.75) is 25.2 Å². The van der Waals surface area contributed by atoms with E-state index < -0.39 is 16.1 Å². The van der Waals surface area contributed by atoms with Crippen LogP contribution in [0.1, 0.15) is 20.3 Å². The van der Waals surface area contributed by atoms with E-state index in [4.69, 9.17) is 23.2 Å². The molecule has 2 atom stereocenters. The Morgan fingerprint density at radius 2 is 1.80 bits per heavy atom. The van der Waals surface area contributed by atoms with Gasteiger partial charge in [0.05, 0.1) is 10.0 Å². The van der Waals surface area contributed by atoms with Gasteiger partial charge in [-0.05, 0) is 48.6 Å². The Balaban J connectivity index is 1.58. The van der Waals surface area contributed by atoms with Crippen molar-refractivity contribution < 1.29 is 13.2 Å². The third kappa shape index (κ3) is 5.54. The van der Waals surface area contributed by atoms with Crippen LogP contribution in [-0.4, -0.2) is 36.8 Å². The number of piperidine rings is 1. The van der Waals surface area contributed by atoms with Crippen molar-refractivity contribution in [1.82, 2.24) is 14.7 Å². The van der Waals surface area contributed by atoms with Crippen molar-refractivity contribution >= 4 is 50.8 Å². The van der Waals surface area contributed by atoms with E-state index >= 15 is 0 Å². The normalized spacial score (nSPS) is 19.9. The number of amides is 2. The van der Waals surface area contributed by atoms with Gasteiger partial charge < -0.3 is 5.32 Å². The molecule has 1 aliphatic heterocycles. The van der Waals surface area contributed by atoms with E-state index in [0.29, 0.717) is 46.5 Å². The minimum atomic E-state index is -3.60. The first kappa shape index (κ1) is 22.6. The molecular weight excluding hydrogens is 449 g/mol. The van der Waals surface area contributed by atoms with Crippen molar-refractivity contribution in [3.8, 4) is 0 Å². The molecule has 1 fully saturated rings. The molecule has 0 spiro atoms. The summed E-state index contributed by atoms with van der Waals surface area (Å²) in [6.45, 7) is 5.11. The van der Waals surface area contributed by atoms with E-state index in [1.165, 1.54) is 28.7 Å². The van der Waals surface area contributed by atoms with Gasteiger partial charge in [-0.2, -0.15) is 4.31 Å². The average Bonchev–Trinajstić information content (AvgIpc) is 2.69. The van der Waals surface area contributed by atoms with Gasteiger partial charge in [-0.15, -0.1) is 0 Å². The molecule has 2 aromatic rings. The number of urea groups is 1. The molecular formula is C19H23Cl2N5O3S. The van der Waals surface area contributed by atoms with Gasteiger partial charge in [-0.3, -0.25) is 10.9 Å². The molecule has 30 heavy (non-hydrogen) atoms. The van der Waals surface area contributed by atoms with Crippen LogP contribution in [-0.2, 0) is 10.0 Å². The van der Waals surface area contributed by atoms with Crippen molar-refractivity contribution in [2.24, 2.45) is 11.8 Å². The van der Waals surface area contributed by atoms with Gasteiger partial charge in [-0.1, -0.05) is 37.0 Å². The number of benzene rings is 1. The summed E-state index contributed by atoms with van der Waals surface area (Å²) >= 11 is 11.8. The topological polar surface area (TPSA) is 103 Å². The third-order valence-electron chi connectivity index (χ3n) is 4.69. The zero-order valence-corrected chi connectivity index (χ0v) is 18.9. The minimum absolute atomic E-state index is 0.120. The predicted octanol–water partition coefficient (Wildman–Crippen LogP) is 4.20. The highest BCUT2D eigenvalue weighted by molar-refractivity contribution is 7.89. The summed E-state index contributed by atoms with van der Waals surface area (Å²) in [6, 6.07) is 7.09. The van der Waals surface area contributed by atoms with Crippen LogP contribution in [0.4, 0.5) is 16.3 Å². The van der Waals surface area contributed by atoms with E-state index in [9.17, 15) is 13.2 Å². The van der Waals surface area contributed by atoms with Crippen LogP contribution < -0.4 is 16.2 Å². The zero-order chi connectivity index (χ0) is 21.9. The summed E-state index contributed by atoms with van der Waals surface area (Å²) in [4.78, 5) is 16.2. The van der Waals surface area contributed by atoms with Gasteiger partial charge in [0.15, 0.2) is 0 Å². The fraction of sp³-hybridized carbons (Fsp3) is 0.368. The van der Waals surface area contributed by atoms with Gasteiger partial charge in [-0.25, -0.2) is 18.2 Å². The Bertz CT molecular complexity index is 1010. The number of hydrazine groups is 1. The van der Waals surface area contributed by atoms with Crippen LogP contribution in [0.15, 0.2) is 41.4 Å². The maximum absolute atomic E-state index is 12.9. The number of carbonyl (C=O) groups excluding carboxylic acids is 1. The second kappa shape index (κ2) is 9.38. The fourth-order valence-corrected chi connectivity index (χ4v) is 5.34. The summed E-state index contributed by atoms with van der Waals surface area (Å²) in [5.74, 6) is 0.921. The van der Waals surface area contributed by atoms with Crippen molar-refractivity contribution in [2.75, 3.05) is 23.8 Å². The highest BCUT2D eigenvalue weighted by atomic mass is 35.5. The molecule has 11 heteroatoms. The number of rotatable bonds is 5. The lowest BCUT2D eigenvalue weighted by atomic mass is 9.94. The van der Waals surface area contributed by atoms with Crippen LogP contribution in [0.25, 0.3) is 0 Å².